The van der Waals surface area contributed by atoms with Gasteiger partial charge in [0.15, 0.2) is 5.78 Å². The Labute approximate surface area is 140 Å². The molecule has 0 aromatic heterocycles. The summed E-state index contributed by atoms with van der Waals surface area (Å²) in [5.41, 5.74) is 1.90. The Hall–Kier alpha value is -2.80. The fourth-order valence-electron chi connectivity index (χ4n) is 3.53. The van der Waals surface area contributed by atoms with Crippen molar-refractivity contribution < 1.29 is 14.3 Å². The van der Waals surface area contributed by atoms with E-state index in [2.05, 4.69) is 12.1 Å². The second kappa shape index (κ2) is 5.68. The van der Waals surface area contributed by atoms with Gasteiger partial charge < -0.3 is 9.47 Å². The lowest BCUT2D eigenvalue weighted by Crippen LogP contribution is -2.40. The number of ketones is 1. The molecule has 4 nitrogen and oxygen atoms in total. The first-order chi connectivity index (χ1) is 11.7. The highest BCUT2D eigenvalue weighted by atomic mass is 16.5. The van der Waals surface area contributed by atoms with Gasteiger partial charge in [-0.1, -0.05) is 18.2 Å². The number of rotatable bonds is 1. The molecule has 1 spiro atoms. The quantitative estimate of drug-likeness (QED) is 0.794. The van der Waals surface area contributed by atoms with E-state index in [1.807, 2.05) is 30.4 Å². The number of hydrogen-bond acceptors (Lipinski definition) is 4. The molecular formula is C20H17NO3. The molecule has 0 bridgehead atoms. The highest BCUT2D eigenvalue weighted by Gasteiger charge is 2.41. The zero-order chi connectivity index (χ0) is 16.6. The maximum atomic E-state index is 12.7. The molecule has 2 heterocycles. The van der Waals surface area contributed by atoms with E-state index in [9.17, 15) is 4.79 Å². The molecule has 0 saturated carbocycles. The Morgan fingerprint density at radius 3 is 3.04 bits per heavy atom. The first kappa shape index (κ1) is 14.8. The van der Waals surface area contributed by atoms with Gasteiger partial charge in [-0.3, -0.25) is 4.79 Å². The Balaban J connectivity index is 1.61. The number of carbonyl (C=O) groups is 1. The highest BCUT2D eigenvalue weighted by molar-refractivity contribution is 5.98. The SMILES string of the molecule is N#Cc1cccc(C2C=CC3=C(C2)C(=O)CC2(C=COCC2)O3)c1. The van der Waals surface area contributed by atoms with Crippen molar-refractivity contribution in [2.24, 2.45) is 0 Å². The van der Waals surface area contributed by atoms with Crippen molar-refractivity contribution in [1.82, 2.24) is 0 Å². The third-order valence-corrected chi connectivity index (χ3v) is 4.87. The zero-order valence-electron chi connectivity index (χ0n) is 13.2. The van der Waals surface area contributed by atoms with Crippen molar-refractivity contribution in [3.05, 3.63) is 71.2 Å². The summed E-state index contributed by atoms with van der Waals surface area (Å²) < 4.78 is 11.4. The number of nitrogens with zero attached hydrogens (tertiary/aromatic N) is 1. The van der Waals surface area contributed by atoms with E-state index in [0.29, 0.717) is 37.2 Å². The van der Waals surface area contributed by atoms with Crippen LogP contribution in [0.1, 0.15) is 36.3 Å². The molecule has 1 aromatic rings. The van der Waals surface area contributed by atoms with Crippen LogP contribution >= 0.6 is 0 Å². The fourth-order valence-corrected chi connectivity index (χ4v) is 3.53. The molecule has 0 radical (unpaired) electrons. The highest BCUT2D eigenvalue weighted by Crippen LogP contribution is 2.41. The van der Waals surface area contributed by atoms with Gasteiger partial charge in [0, 0.05) is 17.9 Å². The van der Waals surface area contributed by atoms with Crippen LogP contribution in [0.5, 0.6) is 0 Å². The maximum Gasteiger partial charge on any atom is 0.166 e. The molecule has 2 atom stereocenters. The van der Waals surface area contributed by atoms with Gasteiger partial charge in [-0.25, -0.2) is 0 Å². The molecule has 120 valence electrons. The van der Waals surface area contributed by atoms with Gasteiger partial charge in [0.1, 0.15) is 11.4 Å². The zero-order valence-corrected chi connectivity index (χ0v) is 13.2. The van der Waals surface area contributed by atoms with Gasteiger partial charge in [-0.15, -0.1) is 0 Å². The largest absolute Gasteiger partial charge is 0.501 e. The summed E-state index contributed by atoms with van der Waals surface area (Å²) >= 11 is 0. The summed E-state index contributed by atoms with van der Waals surface area (Å²) in [6.07, 6.45) is 9.13. The van der Waals surface area contributed by atoms with Crippen LogP contribution in [-0.2, 0) is 14.3 Å². The minimum absolute atomic E-state index is 0.101. The van der Waals surface area contributed by atoms with E-state index in [1.54, 1.807) is 12.3 Å². The van der Waals surface area contributed by atoms with Crippen LogP contribution < -0.4 is 0 Å². The number of carbonyl (C=O) groups excluding carboxylic acids is 1. The van der Waals surface area contributed by atoms with Crippen LogP contribution in [-0.4, -0.2) is 18.0 Å². The summed E-state index contributed by atoms with van der Waals surface area (Å²) in [4.78, 5) is 12.7. The van der Waals surface area contributed by atoms with E-state index in [4.69, 9.17) is 14.7 Å². The number of allylic oxidation sites excluding steroid dienone is 3. The second-order valence-electron chi connectivity index (χ2n) is 6.44. The summed E-state index contributed by atoms with van der Waals surface area (Å²) in [6.45, 7) is 0.569. The smallest absolute Gasteiger partial charge is 0.166 e. The predicted molar refractivity (Wildman–Crippen MR) is 87.8 cm³/mol. The number of Topliss-reactive ketones (excluding diaryl/α,β-unsaturated/α-hetero) is 1. The molecule has 0 saturated heterocycles. The Kier molecular flexibility index (Phi) is 3.50. The molecule has 1 aliphatic carbocycles. The Morgan fingerprint density at radius 1 is 1.33 bits per heavy atom. The fraction of sp³-hybridized carbons (Fsp3) is 0.300. The average molecular weight is 319 g/mol. The molecule has 4 heteroatoms. The number of hydrogen-bond donors (Lipinski definition) is 0. The van der Waals surface area contributed by atoms with Gasteiger partial charge >= 0.3 is 0 Å². The van der Waals surface area contributed by atoms with Gasteiger partial charge in [0.05, 0.1) is 30.9 Å². The molecule has 2 aliphatic heterocycles. The van der Waals surface area contributed by atoms with Crippen molar-refractivity contribution in [2.45, 2.75) is 30.8 Å². The normalized spacial score (nSPS) is 28.1. The lowest BCUT2D eigenvalue weighted by Gasteiger charge is -2.39. The van der Waals surface area contributed by atoms with Crippen molar-refractivity contribution in [3.63, 3.8) is 0 Å². The van der Waals surface area contributed by atoms with E-state index >= 15 is 0 Å². The van der Waals surface area contributed by atoms with Crippen LogP contribution in [0.3, 0.4) is 0 Å². The third-order valence-electron chi connectivity index (χ3n) is 4.87. The minimum atomic E-state index is -0.550. The summed E-state index contributed by atoms with van der Waals surface area (Å²) in [6, 6.07) is 9.72. The average Bonchev–Trinajstić information content (AvgIpc) is 2.62. The van der Waals surface area contributed by atoms with E-state index in [0.717, 1.165) is 11.1 Å². The van der Waals surface area contributed by atoms with E-state index in [1.165, 1.54) is 0 Å². The predicted octanol–water partition coefficient (Wildman–Crippen LogP) is 3.52. The first-order valence-electron chi connectivity index (χ1n) is 8.12. The summed E-state index contributed by atoms with van der Waals surface area (Å²) in [7, 11) is 0. The molecule has 0 N–H and O–H groups in total. The number of benzene rings is 1. The van der Waals surface area contributed by atoms with Crippen molar-refractivity contribution in [1.29, 1.82) is 5.26 Å². The van der Waals surface area contributed by atoms with E-state index < -0.39 is 5.60 Å². The van der Waals surface area contributed by atoms with Crippen LogP contribution in [0.25, 0.3) is 0 Å². The lowest BCUT2D eigenvalue weighted by molar-refractivity contribution is -0.124. The summed E-state index contributed by atoms with van der Waals surface area (Å²) in [5, 5.41) is 9.06. The molecule has 4 rings (SSSR count). The molecular weight excluding hydrogens is 302 g/mol. The Bertz CT molecular complexity index is 828. The van der Waals surface area contributed by atoms with Crippen molar-refractivity contribution in [2.75, 3.05) is 6.61 Å². The lowest BCUT2D eigenvalue weighted by atomic mass is 9.80. The van der Waals surface area contributed by atoms with Crippen LogP contribution in [0.4, 0.5) is 0 Å². The first-order valence-corrected chi connectivity index (χ1v) is 8.12. The monoisotopic (exact) mass is 319 g/mol. The topological polar surface area (TPSA) is 59.3 Å². The molecule has 2 unspecified atom stereocenters. The number of ether oxygens (including phenoxy) is 2. The van der Waals surface area contributed by atoms with Gasteiger partial charge in [-0.05, 0) is 36.3 Å². The van der Waals surface area contributed by atoms with Crippen LogP contribution in [0, 0.1) is 11.3 Å². The molecule has 24 heavy (non-hydrogen) atoms. The second-order valence-corrected chi connectivity index (χ2v) is 6.44. The molecule has 0 amide bonds. The van der Waals surface area contributed by atoms with E-state index in [-0.39, 0.29) is 11.7 Å². The van der Waals surface area contributed by atoms with Gasteiger partial charge in [0.2, 0.25) is 0 Å². The van der Waals surface area contributed by atoms with Gasteiger partial charge in [0.25, 0.3) is 0 Å². The van der Waals surface area contributed by atoms with Crippen LogP contribution in [0.2, 0.25) is 0 Å². The van der Waals surface area contributed by atoms with Crippen LogP contribution in [0.15, 0.2) is 60.1 Å². The Morgan fingerprint density at radius 2 is 2.25 bits per heavy atom. The molecule has 0 fully saturated rings. The summed E-state index contributed by atoms with van der Waals surface area (Å²) in [5.74, 6) is 0.933. The maximum absolute atomic E-state index is 12.7. The number of nitriles is 1. The minimum Gasteiger partial charge on any atom is -0.501 e. The van der Waals surface area contributed by atoms with Crippen molar-refractivity contribution in [3.8, 4) is 6.07 Å². The molecule has 1 aromatic carbocycles. The van der Waals surface area contributed by atoms with Crippen molar-refractivity contribution >= 4 is 5.78 Å². The van der Waals surface area contributed by atoms with Gasteiger partial charge in [-0.2, -0.15) is 5.26 Å². The third kappa shape index (κ3) is 2.52. The molecule has 3 aliphatic rings. The standard InChI is InChI=1S/C20H17NO3/c21-13-14-2-1-3-15(10-14)16-4-5-19-17(11-16)18(22)12-20(24-19)6-8-23-9-7-20/h1-6,8,10,16H,7,9,11-12H2.